The van der Waals surface area contributed by atoms with E-state index in [1.807, 2.05) is 26.2 Å². The molecule has 0 bridgehead atoms. The Labute approximate surface area is 94.7 Å². The maximum Gasteiger partial charge on any atom is 0.142 e. The highest BCUT2D eigenvalue weighted by molar-refractivity contribution is 7.98. The van der Waals surface area contributed by atoms with E-state index in [9.17, 15) is 9.50 Å². The van der Waals surface area contributed by atoms with E-state index in [2.05, 4.69) is 0 Å². The second-order valence-electron chi connectivity index (χ2n) is 3.67. The number of thioether (sulfide) groups is 1. The third-order valence-electron chi connectivity index (χ3n) is 2.35. The van der Waals surface area contributed by atoms with Crippen LogP contribution in [0.3, 0.4) is 0 Å². The van der Waals surface area contributed by atoms with E-state index in [4.69, 9.17) is 0 Å². The predicted molar refractivity (Wildman–Crippen MR) is 62.8 cm³/mol. The van der Waals surface area contributed by atoms with Crippen molar-refractivity contribution in [1.82, 2.24) is 0 Å². The molecule has 0 heterocycles. The minimum Gasteiger partial charge on any atom is -0.388 e. The highest BCUT2D eigenvalue weighted by atomic mass is 32.2. The summed E-state index contributed by atoms with van der Waals surface area (Å²) in [6.07, 6.45) is 2.62. The Kier molecular flexibility index (Phi) is 4.61. The zero-order valence-electron chi connectivity index (χ0n) is 9.38. The van der Waals surface area contributed by atoms with Crippen LogP contribution in [-0.4, -0.2) is 11.4 Å². The average molecular weight is 228 g/mol. The van der Waals surface area contributed by atoms with E-state index >= 15 is 0 Å². The molecule has 1 rings (SSSR count). The topological polar surface area (TPSA) is 20.2 Å². The van der Waals surface area contributed by atoms with Gasteiger partial charge in [-0.05, 0) is 31.2 Å². The van der Waals surface area contributed by atoms with Crippen LogP contribution < -0.4 is 0 Å². The number of aryl methyl sites for hydroxylation is 1. The van der Waals surface area contributed by atoms with Crippen molar-refractivity contribution < 1.29 is 9.50 Å². The van der Waals surface area contributed by atoms with Crippen LogP contribution in [0.2, 0.25) is 0 Å². The normalized spacial score (nSPS) is 12.9. The summed E-state index contributed by atoms with van der Waals surface area (Å²) in [5.41, 5.74) is 1.42. The maximum absolute atomic E-state index is 13.8. The van der Waals surface area contributed by atoms with Gasteiger partial charge in [-0.2, -0.15) is 0 Å². The second-order valence-corrected chi connectivity index (χ2v) is 4.52. The molecule has 0 saturated carbocycles. The molecule has 1 aromatic carbocycles. The third-order valence-corrected chi connectivity index (χ3v) is 3.09. The highest BCUT2D eigenvalue weighted by Gasteiger charge is 2.15. The second kappa shape index (κ2) is 5.52. The van der Waals surface area contributed by atoms with E-state index in [1.54, 1.807) is 6.07 Å². The van der Waals surface area contributed by atoms with Gasteiger partial charge in [-0.3, -0.25) is 0 Å². The Morgan fingerprint density at radius 3 is 2.67 bits per heavy atom. The monoisotopic (exact) mass is 228 g/mol. The van der Waals surface area contributed by atoms with Crippen molar-refractivity contribution in [2.75, 3.05) is 6.26 Å². The minimum absolute atomic E-state index is 0.269. The van der Waals surface area contributed by atoms with Crippen molar-refractivity contribution >= 4 is 11.8 Å². The molecular formula is C12H17FOS. The Hall–Kier alpha value is -0.540. The van der Waals surface area contributed by atoms with Gasteiger partial charge < -0.3 is 5.11 Å². The van der Waals surface area contributed by atoms with Crippen LogP contribution in [-0.2, 0) is 0 Å². The molecule has 1 unspecified atom stereocenters. The van der Waals surface area contributed by atoms with E-state index in [-0.39, 0.29) is 5.82 Å². The standard InChI is InChI=1S/C12H17FOS/c1-4-5-10(14)9-6-8(2)7-11(15-3)12(9)13/h6-7,10,14H,4-5H2,1-3H3. The van der Waals surface area contributed by atoms with Crippen LogP contribution in [0.25, 0.3) is 0 Å². The molecule has 0 fully saturated rings. The Morgan fingerprint density at radius 1 is 1.47 bits per heavy atom. The number of rotatable bonds is 4. The first-order valence-corrected chi connectivity index (χ1v) is 6.34. The van der Waals surface area contributed by atoms with Crippen LogP contribution in [0.5, 0.6) is 0 Å². The van der Waals surface area contributed by atoms with Crippen molar-refractivity contribution in [3.63, 3.8) is 0 Å². The molecule has 3 heteroatoms. The third kappa shape index (κ3) is 2.95. The van der Waals surface area contributed by atoms with Gasteiger partial charge in [-0.15, -0.1) is 11.8 Å². The van der Waals surface area contributed by atoms with Gasteiger partial charge >= 0.3 is 0 Å². The number of benzene rings is 1. The first kappa shape index (κ1) is 12.5. The molecule has 0 amide bonds. The Bertz CT molecular complexity index is 339. The number of aliphatic hydroxyl groups excluding tert-OH is 1. The summed E-state index contributed by atoms with van der Waals surface area (Å²) in [4.78, 5) is 0.611. The summed E-state index contributed by atoms with van der Waals surface area (Å²) >= 11 is 1.37. The molecule has 1 N–H and O–H groups in total. The lowest BCUT2D eigenvalue weighted by atomic mass is 10.0. The lowest BCUT2D eigenvalue weighted by molar-refractivity contribution is 0.161. The molecule has 0 radical (unpaired) electrons. The van der Waals surface area contributed by atoms with E-state index in [1.165, 1.54) is 11.8 Å². The smallest absolute Gasteiger partial charge is 0.142 e. The predicted octanol–water partition coefficient (Wildman–Crippen LogP) is 3.69. The van der Waals surface area contributed by atoms with E-state index < -0.39 is 6.10 Å². The Balaban J connectivity index is 3.11. The van der Waals surface area contributed by atoms with E-state index in [0.29, 0.717) is 16.9 Å². The minimum atomic E-state index is -0.680. The van der Waals surface area contributed by atoms with Crippen molar-refractivity contribution in [2.24, 2.45) is 0 Å². The summed E-state index contributed by atoms with van der Waals surface area (Å²) in [6.45, 7) is 3.90. The average Bonchev–Trinajstić information content (AvgIpc) is 2.21. The van der Waals surface area contributed by atoms with Crippen LogP contribution in [0, 0.1) is 12.7 Å². The molecule has 0 aromatic heterocycles. The van der Waals surface area contributed by atoms with Crippen molar-refractivity contribution in [1.29, 1.82) is 0 Å². The van der Waals surface area contributed by atoms with Gasteiger partial charge in [-0.25, -0.2) is 4.39 Å². The van der Waals surface area contributed by atoms with Crippen LogP contribution in [0.4, 0.5) is 4.39 Å². The number of hydrogen-bond acceptors (Lipinski definition) is 2. The number of halogens is 1. The quantitative estimate of drug-likeness (QED) is 0.793. The lowest BCUT2D eigenvalue weighted by Gasteiger charge is -2.13. The lowest BCUT2D eigenvalue weighted by Crippen LogP contribution is -2.02. The fourth-order valence-electron chi connectivity index (χ4n) is 1.58. The van der Waals surface area contributed by atoms with Gasteiger partial charge in [0.25, 0.3) is 0 Å². The molecule has 0 saturated heterocycles. The first-order chi connectivity index (χ1) is 7.10. The molecule has 1 atom stereocenters. The van der Waals surface area contributed by atoms with Gasteiger partial charge in [0.05, 0.1) is 6.10 Å². The van der Waals surface area contributed by atoms with Gasteiger partial charge in [-0.1, -0.05) is 19.4 Å². The summed E-state index contributed by atoms with van der Waals surface area (Å²) in [6, 6.07) is 3.54. The van der Waals surface area contributed by atoms with Crippen molar-refractivity contribution in [2.45, 2.75) is 37.7 Å². The number of hydrogen-bond donors (Lipinski definition) is 1. The fourth-order valence-corrected chi connectivity index (χ4v) is 2.18. The molecule has 15 heavy (non-hydrogen) atoms. The number of aliphatic hydroxyl groups is 1. The summed E-state index contributed by atoms with van der Waals surface area (Å²) < 4.78 is 13.8. The maximum atomic E-state index is 13.8. The molecule has 0 aliphatic rings. The molecule has 1 nitrogen and oxygen atoms in total. The van der Waals surface area contributed by atoms with Gasteiger partial charge in [0.2, 0.25) is 0 Å². The largest absolute Gasteiger partial charge is 0.388 e. The fraction of sp³-hybridized carbons (Fsp3) is 0.500. The van der Waals surface area contributed by atoms with Gasteiger partial charge in [0.15, 0.2) is 0 Å². The molecular weight excluding hydrogens is 211 g/mol. The van der Waals surface area contributed by atoms with Gasteiger partial charge in [0.1, 0.15) is 5.82 Å². The van der Waals surface area contributed by atoms with E-state index in [0.717, 1.165) is 12.0 Å². The SMILES string of the molecule is CCCC(O)c1cc(C)cc(SC)c1F. The molecule has 84 valence electrons. The zero-order valence-corrected chi connectivity index (χ0v) is 10.2. The first-order valence-electron chi connectivity index (χ1n) is 5.12. The highest BCUT2D eigenvalue weighted by Crippen LogP contribution is 2.29. The van der Waals surface area contributed by atoms with Crippen molar-refractivity contribution in [3.8, 4) is 0 Å². The zero-order chi connectivity index (χ0) is 11.4. The van der Waals surface area contributed by atoms with Crippen LogP contribution >= 0.6 is 11.8 Å². The molecule has 0 aliphatic heterocycles. The summed E-state index contributed by atoms with van der Waals surface area (Å²) in [5.74, 6) is -0.269. The Morgan fingerprint density at radius 2 is 2.13 bits per heavy atom. The summed E-state index contributed by atoms with van der Waals surface area (Å²) in [5, 5.41) is 9.80. The van der Waals surface area contributed by atoms with Crippen LogP contribution in [0.1, 0.15) is 37.0 Å². The molecule has 1 aromatic rings. The van der Waals surface area contributed by atoms with Gasteiger partial charge in [0, 0.05) is 10.5 Å². The summed E-state index contributed by atoms with van der Waals surface area (Å²) in [7, 11) is 0. The van der Waals surface area contributed by atoms with Crippen LogP contribution in [0.15, 0.2) is 17.0 Å². The molecule has 0 aliphatic carbocycles. The van der Waals surface area contributed by atoms with Crippen molar-refractivity contribution in [3.05, 3.63) is 29.1 Å². The molecule has 0 spiro atoms.